The van der Waals surface area contributed by atoms with Crippen molar-refractivity contribution < 1.29 is 13.9 Å². The van der Waals surface area contributed by atoms with Crippen LogP contribution in [0.4, 0.5) is 0 Å². The monoisotopic (exact) mass is 402 g/mol. The maximum atomic E-state index is 12.6. The first kappa shape index (κ1) is 20.0. The zero-order valence-electron chi connectivity index (χ0n) is 17.2. The minimum Gasteiger partial charge on any atom is -0.459 e. The molecule has 0 bridgehead atoms. The van der Waals surface area contributed by atoms with E-state index in [0.717, 1.165) is 44.8 Å². The highest BCUT2D eigenvalue weighted by Gasteiger charge is 2.32. The molecule has 0 aliphatic carbocycles. The summed E-state index contributed by atoms with van der Waals surface area (Å²) in [4.78, 5) is 16.8. The number of nitrogens with zero attached hydrogens (tertiary/aromatic N) is 6. The van der Waals surface area contributed by atoms with Crippen LogP contribution in [0.3, 0.4) is 0 Å². The number of ether oxygens (including phenoxy) is 1. The van der Waals surface area contributed by atoms with Gasteiger partial charge in [0.25, 0.3) is 5.91 Å². The fourth-order valence-electron chi connectivity index (χ4n) is 4.22. The second-order valence-electron chi connectivity index (χ2n) is 8.31. The van der Waals surface area contributed by atoms with E-state index in [-0.39, 0.29) is 18.1 Å². The van der Waals surface area contributed by atoms with Crippen LogP contribution in [0.5, 0.6) is 0 Å². The molecule has 2 aromatic heterocycles. The van der Waals surface area contributed by atoms with Crippen LogP contribution in [-0.4, -0.2) is 74.8 Å². The van der Waals surface area contributed by atoms with Gasteiger partial charge in [0.05, 0.1) is 25.0 Å². The molecule has 4 heterocycles. The molecule has 158 valence electrons. The van der Waals surface area contributed by atoms with Crippen LogP contribution in [0.2, 0.25) is 0 Å². The average Bonchev–Trinajstić information content (AvgIpc) is 3.49. The number of piperazine rings is 1. The van der Waals surface area contributed by atoms with E-state index < -0.39 is 0 Å². The maximum Gasteiger partial charge on any atom is 0.289 e. The molecule has 2 saturated heterocycles. The summed E-state index contributed by atoms with van der Waals surface area (Å²) in [5.74, 6) is 1.77. The SMILES string of the molecule is CC(C)C[C@H](c1nnnn1C[C@H]1CCCO1)N1CCN(C(=O)c2ccco2)CC1. The van der Waals surface area contributed by atoms with Crippen molar-refractivity contribution in [3.8, 4) is 0 Å². The first-order valence-corrected chi connectivity index (χ1v) is 10.6. The molecule has 9 nitrogen and oxygen atoms in total. The van der Waals surface area contributed by atoms with Crippen LogP contribution in [0.1, 0.15) is 55.5 Å². The first-order chi connectivity index (χ1) is 14.1. The fourth-order valence-corrected chi connectivity index (χ4v) is 4.22. The second-order valence-corrected chi connectivity index (χ2v) is 8.31. The van der Waals surface area contributed by atoms with Gasteiger partial charge in [0.1, 0.15) is 0 Å². The Morgan fingerprint density at radius 1 is 1.28 bits per heavy atom. The highest BCUT2D eigenvalue weighted by atomic mass is 16.5. The van der Waals surface area contributed by atoms with Crippen molar-refractivity contribution >= 4 is 5.91 Å². The molecule has 0 saturated carbocycles. The topological polar surface area (TPSA) is 89.5 Å². The van der Waals surface area contributed by atoms with Crippen LogP contribution in [0.25, 0.3) is 0 Å². The predicted molar refractivity (Wildman–Crippen MR) is 105 cm³/mol. The third-order valence-corrected chi connectivity index (χ3v) is 5.73. The largest absolute Gasteiger partial charge is 0.459 e. The number of tetrazole rings is 1. The molecule has 9 heteroatoms. The molecule has 2 aliphatic rings. The van der Waals surface area contributed by atoms with Gasteiger partial charge in [-0.2, -0.15) is 0 Å². The lowest BCUT2D eigenvalue weighted by molar-refractivity contribution is 0.0488. The van der Waals surface area contributed by atoms with Gasteiger partial charge in [0.15, 0.2) is 11.6 Å². The van der Waals surface area contributed by atoms with Crippen LogP contribution in [0, 0.1) is 5.92 Å². The Balaban J connectivity index is 1.44. The minimum atomic E-state index is -0.0433. The van der Waals surface area contributed by atoms with Crippen LogP contribution >= 0.6 is 0 Å². The van der Waals surface area contributed by atoms with Crippen molar-refractivity contribution in [2.45, 2.75) is 51.8 Å². The molecule has 0 spiro atoms. The van der Waals surface area contributed by atoms with Crippen molar-refractivity contribution in [1.29, 1.82) is 0 Å². The molecule has 4 rings (SSSR count). The Morgan fingerprint density at radius 3 is 2.76 bits per heavy atom. The number of furan rings is 1. The zero-order valence-corrected chi connectivity index (χ0v) is 17.2. The van der Waals surface area contributed by atoms with Gasteiger partial charge in [-0.1, -0.05) is 13.8 Å². The first-order valence-electron chi connectivity index (χ1n) is 10.6. The molecule has 0 unspecified atom stereocenters. The summed E-state index contributed by atoms with van der Waals surface area (Å²) in [5, 5.41) is 12.6. The molecular weight excluding hydrogens is 372 g/mol. The summed E-state index contributed by atoms with van der Waals surface area (Å²) in [6.45, 7) is 8.88. The van der Waals surface area contributed by atoms with Gasteiger partial charge in [0.2, 0.25) is 0 Å². The molecule has 2 aliphatic heterocycles. The number of carbonyl (C=O) groups excluding carboxylic acids is 1. The Morgan fingerprint density at radius 2 is 2.10 bits per heavy atom. The average molecular weight is 402 g/mol. The maximum absolute atomic E-state index is 12.6. The molecular formula is C20H30N6O3. The van der Waals surface area contributed by atoms with Crippen LogP contribution in [0.15, 0.2) is 22.8 Å². The lowest BCUT2D eigenvalue weighted by Crippen LogP contribution is -2.50. The minimum absolute atomic E-state index is 0.0433. The van der Waals surface area contributed by atoms with E-state index in [2.05, 4.69) is 34.3 Å². The van der Waals surface area contributed by atoms with Gasteiger partial charge in [-0.05, 0) is 47.7 Å². The highest BCUT2D eigenvalue weighted by Crippen LogP contribution is 2.28. The molecule has 2 aromatic rings. The van der Waals surface area contributed by atoms with Gasteiger partial charge in [-0.3, -0.25) is 9.69 Å². The number of aromatic nitrogens is 4. The van der Waals surface area contributed by atoms with Crippen molar-refractivity contribution in [3.63, 3.8) is 0 Å². The molecule has 0 N–H and O–H groups in total. The van der Waals surface area contributed by atoms with Crippen molar-refractivity contribution in [2.24, 2.45) is 5.92 Å². The fraction of sp³-hybridized carbons (Fsp3) is 0.700. The number of hydrogen-bond donors (Lipinski definition) is 0. The Bertz CT molecular complexity index is 776. The number of rotatable bonds is 7. The van der Waals surface area contributed by atoms with Crippen molar-refractivity contribution in [2.75, 3.05) is 32.8 Å². The summed E-state index contributed by atoms with van der Waals surface area (Å²) in [6, 6.07) is 3.60. The van der Waals surface area contributed by atoms with E-state index in [1.807, 2.05) is 9.58 Å². The smallest absolute Gasteiger partial charge is 0.289 e. The Kier molecular flexibility index (Phi) is 6.25. The van der Waals surface area contributed by atoms with Crippen molar-refractivity contribution in [1.82, 2.24) is 30.0 Å². The summed E-state index contributed by atoms with van der Waals surface area (Å²) < 4.78 is 13.0. The van der Waals surface area contributed by atoms with Gasteiger partial charge >= 0.3 is 0 Å². The standard InChI is InChI=1S/C20H30N6O3/c1-15(2)13-17(19-21-22-23-26(19)14-16-5-3-11-28-16)24-7-9-25(10-8-24)20(27)18-6-4-12-29-18/h4,6,12,15-17H,3,5,7-11,13-14H2,1-2H3/t16-,17-/m1/s1. The highest BCUT2D eigenvalue weighted by molar-refractivity contribution is 5.91. The van der Waals surface area contributed by atoms with E-state index in [1.54, 1.807) is 12.1 Å². The molecule has 0 radical (unpaired) electrons. The lowest BCUT2D eigenvalue weighted by Gasteiger charge is -2.39. The molecule has 1 amide bonds. The van der Waals surface area contributed by atoms with Gasteiger partial charge in [-0.25, -0.2) is 4.68 Å². The third kappa shape index (κ3) is 4.67. The number of carbonyl (C=O) groups is 1. The zero-order chi connectivity index (χ0) is 20.2. The van der Waals surface area contributed by atoms with Gasteiger partial charge in [-0.15, -0.1) is 5.10 Å². The normalized spacial score (nSPS) is 21.8. The van der Waals surface area contributed by atoms with E-state index >= 15 is 0 Å². The second kappa shape index (κ2) is 9.04. The summed E-state index contributed by atoms with van der Waals surface area (Å²) in [7, 11) is 0. The third-order valence-electron chi connectivity index (χ3n) is 5.73. The Labute approximate surface area is 171 Å². The van der Waals surface area contributed by atoms with E-state index in [1.165, 1.54) is 6.26 Å². The quantitative estimate of drug-likeness (QED) is 0.700. The van der Waals surface area contributed by atoms with Crippen LogP contribution < -0.4 is 0 Å². The predicted octanol–water partition coefficient (Wildman–Crippen LogP) is 1.99. The molecule has 2 fully saturated rings. The van der Waals surface area contributed by atoms with Gasteiger partial charge < -0.3 is 14.1 Å². The van der Waals surface area contributed by atoms with Crippen molar-refractivity contribution in [3.05, 3.63) is 30.0 Å². The van der Waals surface area contributed by atoms with Gasteiger partial charge in [0, 0.05) is 32.8 Å². The number of hydrogen-bond acceptors (Lipinski definition) is 7. The van der Waals surface area contributed by atoms with E-state index in [4.69, 9.17) is 9.15 Å². The lowest BCUT2D eigenvalue weighted by atomic mass is 10.0. The van der Waals surface area contributed by atoms with Crippen LogP contribution in [-0.2, 0) is 11.3 Å². The molecule has 0 aromatic carbocycles. The molecule has 2 atom stereocenters. The summed E-state index contributed by atoms with van der Waals surface area (Å²) >= 11 is 0. The summed E-state index contributed by atoms with van der Waals surface area (Å²) in [6.07, 6.45) is 4.86. The Hall–Kier alpha value is -2.26. The van der Waals surface area contributed by atoms with E-state index in [9.17, 15) is 4.79 Å². The number of amides is 1. The molecule has 29 heavy (non-hydrogen) atoms. The van der Waals surface area contributed by atoms with E-state index in [0.29, 0.717) is 31.3 Å². The summed E-state index contributed by atoms with van der Waals surface area (Å²) in [5.41, 5.74) is 0.